The fourth-order valence-electron chi connectivity index (χ4n) is 0.899. The second kappa shape index (κ2) is 5.36. The Bertz CT molecular complexity index is 283. The molecule has 76 valence electrons. The molecule has 1 rings (SSSR count). The lowest BCUT2D eigenvalue weighted by molar-refractivity contribution is -0.156. The lowest BCUT2D eigenvalue weighted by Gasteiger charge is -2.07. The highest BCUT2D eigenvalue weighted by Crippen LogP contribution is 2.01. The average Bonchev–Trinajstić information content (AvgIpc) is 2.26. The maximum Gasteiger partial charge on any atom is 0.337 e. The van der Waals surface area contributed by atoms with Crippen molar-refractivity contribution >= 4 is 5.97 Å². The van der Waals surface area contributed by atoms with Gasteiger partial charge in [0, 0.05) is 0 Å². The molecule has 1 aromatic rings. The van der Waals surface area contributed by atoms with Crippen molar-refractivity contribution < 1.29 is 19.7 Å². The molecule has 4 heteroatoms. The standard InChI is InChI=1S/C10H12O4/c11-6-9(12)10(13)14-7-8-4-2-1-3-5-8/h1-5,9,11-12H,6-7H2/t9-/m0/s1. The van der Waals surface area contributed by atoms with Crippen molar-refractivity contribution in [2.75, 3.05) is 6.61 Å². The second-order valence-electron chi connectivity index (χ2n) is 2.79. The van der Waals surface area contributed by atoms with Gasteiger partial charge < -0.3 is 14.9 Å². The van der Waals surface area contributed by atoms with Crippen molar-refractivity contribution in [3.8, 4) is 0 Å². The molecule has 0 fully saturated rings. The number of hydrogen-bond acceptors (Lipinski definition) is 4. The van der Waals surface area contributed by atoms with Crippen molar-refractivity contribution in [1.82, 2.24) is 0 Å². The van der Waals surface area contributed by atoms with E-state index in [0.29, 0.717) is 0 Å². The summed E-state index contributed by atoms with van der Waals surface area (Å²) in [6.45, 7) is -0.510. The Hall–Kier alpha value is -1.39. The molecular formula is C10H12O4. The summed E-state index contributed by atoms with van der Waals surface area (Å²) in [5, 5.41) is 17.3. The Balaban J connectivity index is 2.38. The first-order valence-corrected chi connectivity index (χ1v) is 4.23. The van der Waals surface area contributed by atoms with Crippen LogP contribution in [0.2, 0.25) is 0 Å². The second-order valence-corrected chi connectivity index (χ2v) is 2.79. The van der Waals surface area contributed by atoms with Gasteiger partial charge in [-0.1, -0.05) is 30.3 Å². The Morgan fingerprint density at radius 2 is 2.00 bits per heavy atom. The van der Waals surface area contributed by atoms with Crippen LogP contribution >= 0.6 is 0 Å². The van der Waals surface area contributed by atoms with E-state index in [1.165, 1.54) is 0 Å². The Morgan fingerprint density at radius 3 is 2.57 bits per heavy atom. The van der Waals surface area contributed by atoms with Crippen molar-refractivity contribution in [2.45, 2.75) is 12.7 Å². The minimum absolute atomic E-state index is 0.108. The fourth-order valence-corrected chi connectivity index (χ4v) is 0.899. The van der Waals surface area contributed by atoms with Crippen LogP contribution in [-0.4, -0.2) is 28.9 Å². The molecule has 0 aliphatic carbocycles. The summed E-state index contributed by atoms with van der Waals surface area (Å²) < 4.78 is 4.73. The van der Waals surface area contributed by atoms with Gasteiger partial charge in [0.25, 0.3) is 0 Å². The number of esters is 1. The van der Waals surface area contributed by atoms with Gasteiger partial charge in [-0.15, -0.1) is 0 Å². The Kier molecular flexibility index (Phi) is 4.10. The normalized spacial score (nSPS) is 12.1. The molecule has 0 aromatic heterocycles. The van der Waals surface area contributed by atoms with Crippen LogP contribution in [-0.2, 0) is 16.1 Å². The van der Waals surface area contributed by atoms with E-state index in [9.17, 15) is 4.79 Å². The predicted octanol–water partition coefficient (Wildman–Crippen LogP) is 0.0830. The van der Waals surface area contributed by atoms with Gasteiger partial charge in [0.15, 0.2) is 6.10 Å². The van der Waals surface area contributed by atoms with E-state index in [-0.39, 0.29) is 6.61 Å². The van der Waals surface area contributed by atoms with Crippen molar-refractivity contribution in [3.63, 3.8) is 0 Å². The van der Waals surface area contributed by atoms with Crippen LogP contribution in [0.5, 0.6) is 0 Å². The molecule has 4 nitrogen and oxygen atoms in total. The monoisotopic (exact) mass is 196 g/mol. The highest BCUT2D eigenvalue weighted by molar-refractivity contribution is 5.74. The van der Waals surface area contributed by atoms with Crippen LogP contribution < -0.4 is 0 Å². The van der Waals surface area contributed by atoms with E-state index < -0.39 is 18.7 Å². The largest absolute Gasteiger partial charge is 0.459 e. The number of rotatable bonds is 4. The van der Waals surface area contributed by atoms with E-state index in [0.717, 1.165) is 5.56 Å². The van der Waals surface area contributed by atoms with E-state index in [4.69, 9.17) is 14.9 Å². The summed E-state index contributed by atoms with van der Waals surface area (Å²) in [6.07, 6.45) is -1.45. The molecule has 0 saturated carbocycles. The number of hydrogen-bond donors (Lipinski definition) is 2. The molecule has 0 amide bonds. The number of carbonyl (C=O) groups excluding carboxylic acids is 1. The van der Waals surface area contributed by atoms with E-state index in [1.54, 1.807) is 12.1 Å². The first kappa shape index (κ1) is 10.7. The lowest BCUT2D eigenvalue weighted by Crippen LogP contribution is -2.26. The van der Waals surface area contributed by atoms with Crippen LogP contribution in [0.25, 0.3) is 0 Å². The van der Waals surface area contributed by atoms with Crippen molar-refractivity contribution in [2.24, 2.45) is 0 Å². The van der Waals surface area contributed by atoms with Crippen LogP contribution in [0.4, 0.5) is 0 Å². The molecule has 0 aliphatic heterocycles. The Morgan fingerprint density at radius 1 is 1.36 bits per heavy atom. The van der Waals surface area contributed by atoms with E-state index >= 15 is 0 Å². The summed E-state index contributed by atoms with van der Waals surface area (Å²) in [4.78, 5) is 10.9. The zero-order valence-electron chi connectivity index (χ0n) is 7.59. The molecule has 0 heterocycles. The van der Waals surface area contributed by atoms with Crippen LogP contribution in [0.1, 0.15) is 5.56 Å². The van der Waals surface area contributed by atoms with Crippen molar-refractivity contribution in [3.05, 3.63) is 35.9 Å². The van der Waals surface area contributed by atoms with Gasteiger partial charge in [-0.3, -0.25) is 0 Å². The van der Waals surface area contributed by atoms with E-state index in [2.05, 4.69) is 0 Å². The van der Waals surface area contributed by atoms with Gasteiger partial charge in [-0.2, -0.15) is 0 Å². The molecule has 1 aromatic carbocycles. The summed E-state index contributed by atoms with van der Waals surface area (Å²) in [5.41, 5.74) is 0.839. The first-order chi connectivity index (χ1) is 6.74. The first-order valence-electron chi connectivity index (χ1n) is 4.23. The number of benzene rings is 1. The summed E-state index contributed by atoms with van der Waals surface area (Å²) >= 11 is 0. The van der Waals surface area contributed by atoms with Gasteiger partial charge in [0.05, 0.1) is 6.61 Å². The molecule has 0 unspecified atom stereocenters. The number of aliphatic hydroxyl groups excluding tert-OH is 2. The third kappa shape index (κ3) is 3.16. The van der Waals surface area contributed by atoms with Crippen molar-refractivity contribution in [1.29, 1.82) is 0 Å². The molecule has 2 N–H and O–H groups in total. The molecule has 14 heavy (non-hydrogen) atoms. The molecule has 0 spiro atoms. The summed E-state index contributed by atoms with van der Waals surface area (Å²) in [5.74, 6) is -0.809. The van der Waals surface area contributed by atoms with Crippen LogP contribution in [0, 0.1) is 0 Å². The van der Waals surface area contributed by atoms with Gasteiger partial charge in [-0.25, -0.2) is 4.79 Å². The SMILES string of the molecule is O=C(OCc1ccccc1)[C@@H](O)CO. The molecular weight excluding hydrogens is 184 g/mol. The minimum atomic E-state index is -1.45. The zero-order valence-corrected chi connectivity index (χ0v) is 7.59. The molecule has 1 atom stereocenters. The maximum atomic E-state index is 10.9. The molecule has 0 bridgehead atoms. The maximum absolute atomic E-state index is 10.9. The number of aliphatic hydroxyl groups is 2. The zero-order chi connectivity index (χ0) is 10.4. The van der Waals surface area contributed by atoms with Gasteiger partial charge in [0.1, 0.15) is 6.61 Å². The topological polar surface area (TPSA) is 66.8 Å². The highest BCUT2D eigenvalue weighted by Gasteiger charge is 2.14. The van der Waals surface area contributed by atoms with Crippen LogP contribution in [0.3, 0.4) is 0 Å². The number of carbonyl (C=O) groups is 1. The fraction of sp³-hybridized carbons (Fsp3) is 0.300. The summed E-state index contributed by atoms with van der Waals surface area (Å²) in [7, 11) is 0. The lowest BCUT2D eigenvalue weighted by atomic mass is 10.2. The smallest absolute Gasteiger partial charge is 0.337 e. The molecule has 0 aliphatic rings. The summed E-state index contributed by atoms with van der Waals surface area (Å²) in [6, 6.07) is 9.11. The van der Waals surface area contributed by atoms with Gasteiger partial charge in [-0.05, 0) is 5.56 Å². The molecule has 0 saturated heterocycles. The third-order valence-electron chi connectivity index (χ3n) is 1.67. The average molecular weight is 196 g/mol. The van der Waals surface area contributed by atoms with E-state index in [1.807, 2.05) is 18.2 Å². The quantitative estimate of drug-likeness (QED) is 0.669. The van der Waals surface area contributed by atoms with Crippen LogP contribution in [0.15, 0.2) is 30.3 Å². The molecule has 0 radical (unpaired) electrons. The Labute approximate surface area is 81.8 Å². The minimum Gasteiger partial charge on any atom is -0.459 e. The van der Waals surface area contributed by atoms with Gasteiger partial charge >= 0.3 is 5.97 Å². The number of ether oxygens (including phenoxy) is 1. The predicted molar refractivity (Wildman–Crippen MR) is 49.3 cm³/mol. The van der Waals surface area contributed by atoms with Gasteiger partial charge in [0.2, 0.25) is 0 Å². The third-order valence-corrected chi connectivity index (χ3v) is 1.67. The highest BCUT2D eigenvalue weighted by atomic mass is 16.5.